The van der Waals surface area contributed by atoms with E-state index in [-0.39, 0.29) is 0 Å². The zero-order chi connectivity index (χ0) is 8.97. The minimum absolute atomic E-state index is 0.534. The van der Waals surface area contributed by atoms with Crippen LogP contribution in [-0.4, -0.2) is 49.3 Å². The fourth-order valence-corrected chi connectivity index (χ4v) is 1.76. The van der Waals surface area contributed by atoms with E-state index >= 15 is 0 Å². The highest BCUT2D eigenvalue weighted by Crippen LogP contribution is 2.13. The third-order valence-corrected chi connectivity index (χ3v) is 3.03. The lowest BCUT2D eigenvalue weighted by atomic mass is 10.2. The van der Waals surface area contributed by atoms with Crippen LogP contribution in [0.2, 0.25) is 0 Å². The Kier molecular flexibility index (Phi) is 4.40. The molecule has 0 bridgehead atoms. The Balaban J connectivity index is 2.06. The smallest absolute Gasteiger partial charge is 0.0936 e. The molecule has 1 heterocycles. The van der Waals surface area contributed by atoms with E-state index in [1.807, 2.05) is 11.8 Å². The topological polar surface area (TPSA) is 15.8 Å². The predicted molar refractivity (Wildman–Crippen MR) is 54.8 cm³/mol. The minimum Gasteiger partial charge on any atom is -0.372 e. The van der Waals surface area contributed by atoms with E-state index in [1.54, 1.807) is 0 Å². The summed E-state index contributed by atoms with van der Waals surface area (Å²) in [5, 5.41) is 0. The first kappa shape index (κ1) is 10.4. The van der Waals surface area contributed by atoms with E-state index in [1.165, 1.54) is 12.2 Å². The summed E-state index contributed by atoms with van der Waals surface area (Å²) in [4.78, 5) is 2.40. The van der Waals surface area contributed by atoms with Gasteiger partial charge in [-0.1, -0.05) is 0 Å². The number of thioether (sulfide) groups is 1. The van der Waals surface area contributed by atoms with Crippen LogP contribution >= 0.6 is 11.8 Å². The van der Waals surface area contributed by atoms with Crippen molar-refractivity contribution >= 4 is 11.8 Å². The van der Waals surface area contributed by atoms with Crippen molar-refractivity contribution in [3.63, 3.8) is 0 Å². The Hall–Kier alpha value is 0.270. The molecule has 1 aliphatic rings. The highest BCUT2D eigenvalue weighted by Gasteiger charge is 2.25. The van der Waals surface area contributed by atoms with Crippen LogP contribution in [0.4, 0.5) is 0 Å². The second-order valence-corrected chi connectivity index (χ2v) is 4.51. The molecule has 0 N–H and O–H groups in total. The molecule has 1 rings (SSSR count). The minimum atomic E-state index is 0.534. The van der Waals surface area contributed by atoms with Crippen molar-refractivity contribution in [3.8, 4) is 0 Å². The first-order valence-electron chi connectivity index (χ1n) is 4.55. The van der Waals surface area contributed by atoms with Crippen LogP contribution in [0.3, 0.4) is 0 Å². The molecule has 12 heavy (non-hydrogen) atoms. The van der Waals surface area contributed by atoms with E-state index < -0.39 is 0 Å². The van der Waals surface area contributed by atoms with Crippen LogP contribution in [0.1, 0.15) is 13.3 Å². The Bertz CT molecular complexity index is 128. The number of nitrogens with zero attached hydrogens (tertiary/aromatic N) is 1. The predicted octanol–water partition coefficient (Wildman–Crippen LogP) is 1.46. The van der Waals surface area contributed by atoms with Gasteiger partial charge in [-0.2, -0.15) is 11.8 Å². The molecule has 0 radical (unpaired) electrons. The summed E-state index contributed by atoms with van der Waals surface area (Å²) in [7, 11) is 2.19. The first-order chi connectivity index (χ1) is 5.74. The van der Waals surface area contributed by atoms with Gasteiger partial charge in [-0.15, -0.1) is 0 Å². The van der Waals surface area contributed by atoms with E-state index in [4.69, 9.17) is 4.74 Å². The molecular weight excluding hydrogens is 170 g/mol. The Labute approximate surface area is 79.6 Å². The van der Waals surface area contributed by atoms with Crippen LogP contribution in [-0.2, 0) is 4.74 Å². The normalized spacial score (nSPS) is 24.5. The van der Waals surface area contributed by atoms with Gasteiger partial charge in [0, 0.05) is 12.6 Å². The molecule has 0 aromatic rings. The van der Waals surface area contributed by atoms with Crippen LogP contribution < -0.4 is 0 Å². The van der Waals surface area contributed by atoms with Gasteiger partial charge in [0.1, 0.15) is 0 Å². The lowest BCUT2D eigenvalue weighted by Gasteiger charge is -2.23. The number of epoxide rings is 1. The van der Waals surface area contributed by atoms with Crippen LogP contribution in [0, 0.1) is 0 Å². The number of ether oxygens (including phenoxy) is 1. The number of hydrogen-bond donors (Lipinski definition) is 0. The van der Waals surface area contributed by atoms with Crippen molar-refractivity contribution in [2.24, 2.45) is 0 Å². The largest absolute Gasteiger partial charge is 0.372 e. The van der Waals surface area contributed by atoms with Crippen molar-refractivity contribution in [2.45, 2.75) is 25.5 Å². The molecule has 0 aromatic carbocycles. The van der Waals surface area contributed by atoms with E-state index in [0.717, 1.165) is 13.2 Å². The van der Waals surface area contributed by atoms with Gasteiger partial charge in [-0.3, -0.25) is 0 Å². The van der Waals surface area contributed by atoms with Crippen LogP contribution in [0.15, 0.2) is 0 Å². The summed E-state index contributed by atoms with van der Waals surface area (Å²) in [6.45, 7) is 4.37. The van der Waals surface area contributed by atoms with Crippen molar-refractivity contribution < 1.29 is 4.74 Å². The standard InChI is InChI=1S/C9H19NOS/c1-8(4-5-12-3)10(2)6-9-7-11-9/h8-9H,4-7H2,1-3H3. The fraction of sp³-hybridized carbons (Fsp3) is 1.00. The molecule has 0 aromatic heterocycles. The van der Waals surface area contributed by atoms with Gasteiger partial charge < -0.3 is 9.64 Å². The summed E-state index contributed by atoms with van der Waals surface area (Å²) < 4.78 is 5.19. The molecule has 2 nitrogen and oxygen atoms in total. The monoisotopic (exact) mass is 189 g/mol. The van der Waals surface area contributed by atoms with Crippen LogP contribution in [0.5, 0.6) is 0 Å². The van der Waals surface area contributed by atoms with Gasteiger partial charge in [-0.05, 0) is 32.4 Å². The summed E-state index contributed by atoms with van der Waals surface area (Å²) >= 11 is 1.92. The summed E-state index contributed by atoms with van der Waals surface area (Å²) in [6.07, 6.45) is 3.98. The van der Waals surface area contributed by atoms with Crippen molar-refractivity contribution in [1.82, 2.24) is 4.90 Å². The molecule has 0 saturated carbocycles. The number of rotatable bonds is 6. The maximum Gasteiger partial charge on any atom is 0.0936 e. The highest BCUT2D eigenvalue weighted by atomic mass is 32.2. The Morgan fingerprint density at radius 3 is 2.83 bits per heavy atom. The van der Waals surface area contributed by atoms with Gasteiger partial charge in [0.2, 0.25) is 0 Å². The molecule has 0 amide bonds. The van der Waals surface area contributed by atoms with Gasteiger partial charge in [0.05, 0.1) is 12.7 Å². The van der Waals surface area contributed by atoms with Gasteiger partial charge in [0.25, 0.3) is 0 Å². The summed E-state index contributed by atoms with van der Waals surface area (Å²) in [5.41, 5.74) is 0. The van der Waals surface area contributed by atoms with Gasteiger partial charge in [0.15, 0.2) is 0 Å². The molecule has 3 heteroatoms. The Morgan fingerprint density at radius 1 is 1.67 bits per heavy atom. The molecule has 2 unspecified atom stereocenters. The second-order valence-electron chi connectivity index (χ2n) is 3.53. The lowest BCUT2D eigenvalue weighted by Crippen LogP contribution is -2.32. The third kappa shape index (κ3) is 3.78. The lowest BCUT2D eigenvalue weighted by molar-refractivity contribution is 0.226. The SMILES string of the molecule is CSCCC(C)N(C)CC1CO1. The maximum absolute atomic E-state index is 5.19. The van der Waals surface area contributed by atoms with E-state index in [9.17, 15) is 0 Å². The Morgan fingerprint density at radius 2 is 2.33 bits per heavy atom. The second kappa shape index (κ2) is 5.10. The van der Waals surface area contributed by atoms with Crippen LogP contribution in [0.25, 0.3) is 0 Å². The quantitative estimate of drug-likeness (QED) is 0.588. The van der Waals surface area contributed by atoms with E-state index in [2.05, 4.69) is 25.1 Å². The number of likely N-dealkylation sites (N-methyl/N-ethyl adjacent to an activating group) is 1. The summed E-state index contributed by atoms with van der Waals surface area (Å²) in [5.74, 6) is 1.26. The van der Waals surface area contributed by atoms with Crippen molar-refractivity contribution in [1.29, 1.82) is 0 Å². The van der Waals surface area contributed by atoms with Gasteiger partial charge >= 0.3 is 0 Å². The van der Waals surface area contributed by atoms with E-state index in [0.29, 0.717) is 12.1 Å². The molecule has 0 spiro atoms. The average molecular weight is 189 g/mol. The first-order valence-corrected chi connectivity index (χ1v) is 5.94. The zero-order valence-corrected chi connectivity index (χ0v) is 9.06. The molecule has 1 fully saturated rings. The molecule has 0 aliphatic carbocycles. The van der Waals surface area contributed by atoms with Crippen molar-refractivity contribution in [3.05, 3.63) is 0 Å². The molecule has 72 valence electrons. The molecule has 1 saturated heterocycles. The average Bonchev–Trinajstić information content (AvgIpc) is 2.83. The number of hydrogen-bond acceptors (Lipinski definition) is 3. The third-order valence-electron chi connectivity index (χ3n) is 2.39. The molecule has 1 aliphatic heterocycles. The molecular formula is C9H19NOS. The van der Waals surface area contributed by atoms with Crippen molar-refractivity contribution in [2.75, 3.05) is 32.2 Å². The zero-order valence-electron chi connectivity index (χ0n) is 8.25. The van der Waals surface area contributed by atoms with Gasteiger partial charge in [-0.25, -0.2) is 0 Å². The maximum atomic E-state index is 5.19. The molecule has 2 atom stereocenters. The summed E-state index contributed by atoms with van der Waals surface area (Å²) in [6, 6.07) is 0.696. The highest BCUT2D eigenvalue weighted by molar-refractivity contribution is 7.98. The fourth-order valence-electron chi connectivity index (χ4n) is 1.18.